The Morgan fingerprint density at radius 2 is 0.556 bits per heavy atom. The Bertz CT molecular complexity index is 1830. The molecule has 54 heavy (non-hydrogen) atoms. The van der Waals surface area contributed by atoms with Crippen molar-refractivity contribution >= 4 is 26.7 Å². The van der Waals surface area contributed by atoms with Crippen molar-refractivity contribution in [3.05, 3.63) is 228 Å². The fourth-order valence-electron chi connectivity index (χ4n) is 6.08. The quantitative estimate of drug-likeness (QED) is 0.120. The van der Waals surface area contributed by atoms with Crippen LogP contribution in [0.3, 0.4) is 0 Å². The highest BCUT2D eigenvalue weighted by Crippen LogP contribution is 2.38. The summed E-state index contributed by atoms with van der Waals surface area (Å²) in [5, 5.41) is 36.9. The van der Waals surface area contributed by atoms with E-state index in [0.717, 1.165) is 5.70 Å². The summed E-state index contributed by atoms with van der Waals surface area (Å²) in [5.74, 6) is -4.17. The lowest BCUT2D eigenvalue weighted by Gasteiger charge is -2.36. The Labute approximate surface area is 313 Å². The smallest absolute Gasteiger partial charge is 0.449 e. The lowest BCUT2D eigenvalue weighted by atomic mass is 9.86. The molecule has 0 unspecified atom stereocenters. The van der Waals surface area contributed by atoms with Gasteiger partial charge in [-0.2, -0.15) is 0 Å². The standard InChI is InChI=1S/C44H36O9Si/c1-2-54(51-39(45)42(48,33-21-9-3-10-22-33)34-23-11-4-12-24-34,52-40(46)43(49,35-25-13-5-14-26-35)36-27-15-6-16-28-36)53-41(47)44(50,37-29-17-7-18-30-37)38-31-19-8-20-32-38/h2-32,48-50H,1H2. The predicted octanol–water partition coefficient (Wildman–Crippen LogP) is 6.09. The molecule has 0 aliphatic heterocycles. The molecule has 0 aliphatic carbocycles. The first-order chi connectivity index (χ1) is 26.1. The molecule has 3 N–H and O–H groups in total. The van der Waals surface area contributed by atoms with Gasteiger partial charge >= 0.3 is 26.7 Å². The Morgan fingerprint density at radius 1 is 0.389 bits per heavy atom. The molecule has 9 nitrogen and oxygen atoms in total. The van der Waals surface area contributed by atoms with E-state index in [1.807, 2.05) is 0 Å². The second kappa shape index (κ2) is 15.7. The van der Waals surface area contributed by atoms with Gasteiger partial charge in [-0.05, 0) is 33.4 Å². The molecule has 0 aliphatic rings. The number of hydrogen-bond donors (Lipinski definition) is 3. The Hall–Kier alpha value is -6.43. The van der Waals surface area contributed by atoms with Gasteiger partial charge in [0, 0.05) is 5.70 Å². The zero-order valence-corrected chi connectivity index (χ0v) is 29.9. The topological polar surface area (TPSA) is 140 Å². The minimum Gasteiger partial charge on any atom is -0.449 e. The van der Waals surface area contributed by atoms with Crippen LogP contribution in [-0.2, 0) is 44.5 Å². The first-order valence-electron chi connectivity index (χ1n) is 16.9. The maximum Gasteiger partial charge on any atom is 0.734 e. The number of carbonyl (C=O) groups excluding carboxylic acids is 3. The van der Waals surface area contributed by atoms with Gasteiger partial charge in [-0.1, -0.05) is 189 Å². The lowest BCUT2D eigenvalue weighted by molar-refractivity contribution is -0.170. The SMILES string of the molecule is C=C[Si](OC(=O)C(O)(c1ccccc1)c1ccccc1)(OC(=O)C(O)(c1ccccc1)c1ccccc1)OC(=O)C(O)(c1ccccc1)c1ccccc1. The second-order valence-electron chi connectivity index (χ2n) is 12.3. The van der Waals surface area contributed by atoms with Gasteiger partial charge in [0.2, 0.25) is 16.8 Å². The largest absolute Gasteiger partial charge is 0.734 e. The van der Waals surface area contributed by atoms with Crippen molar-refractivity contribution in [3.8, 4) is 0 Å². The average molecular weight is 737 g/mol. The van der Waals surface area contributed by atoms with E-state index in [9.17, 15) is 29.7 Å². The van der Waals surface area contributed by atoms with Crippen LogP contribution in [0.25, 0.3) is 0 Å². The molecule has 0 radical (unpaired) electrons. The minimum atomic E-state index is -5.35. The molecule has 0 saturated heterocycles. The van der Waals surface area contributed by atoms with Crippen molar-refractivity contribution in [3.63, 3.8) is 0 Å². The molecule has 0 atom stereocenters. The molecule has 0 amide bonds. The van der Waals surface area contributed by atoms with Crippen LogP contribution in [0.4, 0.5) is 0 Å². The Kier molecular flexibility index (Phi) is 10.8. The molecule has 0 saturated carbocycles. The van der Waals surface area contributed by atoms with Crippen LogP contribution in [0.2, 0.25) is 0 Å². The Balaban J connectivity index is 1.51. The number of benzene rings is 6. The first-order valence-corrected chi connectivity index (χ1v) is 18.7. The maximum absolute atomic E-state index is 14.6. The maximum atomic E-state index is 14.6. The molecule has 6 aromatic carbocycles. The van der Waals surface area contributed by atoms with Crippen LogP contribution in [0.5, 0.6) is 0 Å². The van der Waals surface area contributed by atoms with Gasteiger partial charge in [0.15, 0.2) is 0 Å². The molecule has 0 spiro atoms. The van der Waals surface area contributed by atoms with Crippen LogP contribution < -0.4 is 0 Å². The fourth-order valence-corrected chi connectivity index (χ4v) is 7.67. The summed E-state index contributed by atoms with van der Waals surface area (Å²) in [6.45, 7) is 3.76. The Morgan fingerprint density at radius 3 is 0.704 bits per heavy atom. The van der Waals surface area contributed by atoms with E-state index in [0.29, 0.717) is 0 Å². The highest BCUT2D eigenvalue weighted by Gasteiger charge is 2.60. The van der Waals surface area contributed by atoms with Crippen molar-refractivity contribution in [1.82, 2.24) is 0 Å². The minimum absolute atomic E-state index is 0.0842. The summed E-state index contributed by atoms with van der Waals surface area (Å²) in [6, 6.07) is 47.4. The van der Waals surface area contributed by atoms with E-state index in [2.05, 4.69) is 6.58 Å². The third-order valence-corrected chi connectivity index (χ3v) is 10.9. The van der Waals surface area contributed by atoms with E-state index >= 15 is 0 Å². The first kappa shape index (κ1) is 37.3. The molecule has 0 heterocycles. The third-order valence-electron chi connectivity index (χ3n) is 8.99. The zero-order valence-electron chi connectivity index (χ0n) is 28.9. The van der Waals surface area contributed by atoms with Gasteiger partial charge in [0.05, 0.1) is 0 Å². The number of carbonyl (C=O) groups is 3. The summed E-state index contributed by atoms with van der Waals surface area (Å²) in [7, 11) is -5.35. The highest BCUT2D eigenvalue weighted by atomic mass is 28.4. The molecule has 10 heteroatoms. The third kappa shape index (κ3) is 7.02. The van der Waals surface area contributed by atoms with Crippen molar-refractivity contribution < 1.29 is 43.0 Å². The van der Waals surface area contributed by atoms with Crippen molar-refractivity contribution in [2.45, 2.75) is 16.8 Å². The zero-order chi connectivity index (χ0) is 38.2. The van der Waals surface area contributed by atoms with Gasteiger partial charge in [-0.3, -0.25) is 0 Å². The fraction of sp³-hybridized carbons (Fsp3) is 0.0682. The lowest BCUT2D eigenvalue weighted by Crippen LogP contribution is -2.57. The molecular formula is C44H36O9Si. The molecular weight excluding hydrogens is 701 g/mol. The summed E-state index contributed by atoms with van der Waals surface area (Å²) >= 11 is 0. The van der Waals surface area contributed by atoms with Crippen molar-refractivity contribution in [2.75, 3.05) is 0 Å². The molecule has 0 fully saturated rings. The van der Waals surface area contributed by atoms with Gasteiger partial charge in [-0.25, -0.2) is 14.4 Å². The van der Waals surface area contributed by atoms with Crippen molar-refractivity contribution in [2.24, 2.45) is 0 Å². The van der Waals surface area contributed by atoms with Crippen LogP contribution in [-0.4, -0.2) is 42.0 Å². The van der Waals surface area contributed by atoms with Crippen molar-refractivity contribution in [1.29, 1.82) is 0 Å². The molecule has 0 bridgehead atoms. The predicted molar refractivity (Wildman–Crippen MR) is 202 cm³/mol. The molecule has 0 aromatic heterocycles. The summed E-state index contributed by atoms with van der Waals surface area (Å²) in [5.41, 5.74) is -6.25. The van der Waals surface area contributed by atoms with E-state index in [1.54, 1.807) is 109 Å². The van der Waals surface area contributed by atoms with E-state index in [1.165, 1.54) is 72.8 Å². The van der Waals surface area contributed by atoms with Gasteiger partial charge in [-0.15, -0.1) is 0 Å². The highest BCUT2D eigenvalue weighted by molar-refractivity contribution is 6.71. The number of aliphatic hydroxyl groups is 3. The number of rotatable bonds is 13. The van der Waals surface area contributed by atoms with Crippen LogP contribution in [0.15, 0.2) is 194 Å². The van der Waals surface area contributed by atoms with Gasteiger partial charge < -0.3 is 28.6 Å². The van der Waals surface area contributed by atoms with E-state index in [-0.39, 0.29) is 33.4 Å². The monoisotopic (exact) mass is 736 g/mol. The van der Waals surface area contributed by atoms with Crippen LogP contribution >= 0.6 is 0 Å². The summed E-state index contributed by atoms with van der Waals surface area (Å²) in [4.78, 5) is 43.8. The summed E-state index contributed by atoms with van der Waals surface area (Å²) in [6.07, 6.45) is 0. The molecule has 6 rings (SSSR count). The average Bonchev–Trinajstić information content (AvgIpc) is 3.24. The molecule has 270 valence electrons. The summed E-state index contributed by atoms with van der Waals surface area (Å²) < 4.78 is 17.9. The second-order valence-corrected chi connectivity index (χ2v) is 14.5. The van der Waals surface area contributed by atoms with Gasteiger partial charge in [0.1, 0.15) is 0 Å². The van der Waals surface area contributed by atoms with E-state index in [4.69, 9.17) is 13.3 Å². The van der Waals surface area contributed by atoms with Gasteiger partial charge in [0.25, 0.3) is 0 Å². The van der Waals surface area contributed by atoms with Crippen LogP contribution in [0, 0.1) is 0 Å². The normalized spacial score (nSPS) is 11.9. The van der Waals surface area contributed by atoms with E-state index < -0.39 is 43.5 Å². The van der Waals surface area contributed by atoms with Crippen LogP contribution in [0.1, 0.15) is 33.4 Å². The molecule has 6 aromatic rings. The number of hydrogen-bond acceptors (Lipinski definition) is 9.